The number of hydrogen-bond donors (Lipinski definition) is 2. The zero-order valence-electron chi connectivity index (χ0n) is 8.80. The number of nitrogens with zero attached hydrogens (tertiary/aromatic N) is 1. The second-order valence-corrected chi connectivity index (χ2v) is 3.75. The van der Waals surface area contributed by atoms with Gasteiger partial charge in [-0.2, -0.15) is 0 Å². The van der Waals surface area contributed by atoms with Gasteiger partial charge in [0.15, 0.2) is 0 Å². The fourth-order valence-electron chi connectivity index (χ4n) is 1.74. The van der Waals surface area contributed by atoms with E-state index in [1.54, 1.807) is 12.1 Å². The second-order valence-electron chi connectivity index (χ2n) is 3.75. The molecule has 5 heteroatoms. The molecule has 0 aliphatic carbocycles. The van der Waals surface area contributed by atoms with E-state index in [1.807, 2.05) is 12.1 Å². The SMILES string of the molecule is Nc1ccc(C2CN(C(=O)O)CCO2)cc1. The number of rotatable bonds is 1. The van der Waals surface area contributed by atoms with Gasteiger partial charge in [0.2, 0.25) is 0 Å². The highest BCUT2D eigenvalue weighted by molar-refractivity contribution is 5.65. The molecule has 5 nitrogen and oxygen atoms in total. The number of carbonyl (C=O) groups is 1. The largest absolute Gasteiger partial charge is 0.465 e. The van der Waals surface area contributed by atoms with E-state index in [0.29, 0.717) is 25.4 Å². The Morgan fingerprint density at radius 2 is 2.12 bits per heavy atom. The highest BCUT2D eigenvalue weighted by atomic mass is 16.5. The molecule has 1 aliphatic heterocycles. The molecular weight excluding hydrogens is 208 g/mol. The Kier molecular flexibility index (Phi) is 2.96. The molecule has 1 amide bonds. The van der Waals surface area contributed by atoms with Crippen LogP contribution in [0.15, 0.2) is 24.3 Å². The molecule has 0 radical (unpaired) electrons. The number of anilines is 1. The molecule has 1 aliphatic rings. The molecule has 1 heterocycles. The Morgan fingerprint density at radius 1 is 1.44 bits per heavy atom. The first-order valence-electron chi connectivity index (χ1n) is 5.12. The van der Waals surface area contributed by atoms with Crippen LogP contribution < -0.4 is 5.73 Å². The summed E-state index contributed by atoms with van der Waals surface area (Å²) in [6.07, 6.45) is -1.09. The minimum Gasteiger partial charge on any atom is -0.465 e. The standard InChI is InChI=1S/C11H14N2O3/c12-9-3-1-8(2-4-9)10-7-13(11(14)15)5-6-16-10/h1-4,10H,5-7,12H2,(H,14,15). The van der Waals surface area contributed by atoms with Crippen molar-refractivity contribution in [3.63, 3.8) is 0 Å². The van der Waals surface area contributed by atoms with Gasteiger partial charge in [0, 0.05) is 12.2 Å². The van der Waals surface area contributed by atoms with Crippen LogP contribution in [-0.4, -0.2) is 35.8 Å². The molecule has 0 saturated carbocycles. The average Bonchev–Trinajstić information content (AvgIpc) is 2.30. The summed E-state index contributed by atoms with van der Waals surface area (Å²) in [5, 5.41) is 8.90. The summed E-state index contributed by atoms with van der Waals surface area (Å²) >= 11 is 0. The van der Waals surface area contributed by atoms with Crippen LogP contribution in [0.2, 0.25) is 0 Å². The van der Waals surface area contributed by atoms with Crippen molar-refractivity contribution in [1.29, 1.82) is 0 Å². The fraction of sp³-hybridized carbons (Fsp3) is 0.364. The molecule has 3 N–H and O–H groups in total. The summed E-state index contributed by atoms with van der Waals surface area (Å²) in [6.45, 7) is 1.24. The van der Waals surface area contributed by atoms with E-state index in [1.165, 1.54) is 4.90 Å². The van der Waals surface area contributed by atoms with Gasteiger partial charge in [-0.15, -0.1) is 0 Å². The van der Waals surface area contributed by atoms with E-state index in [4.69, 9.17) is 15.6 Å². The van der Waals surface area contributed by atoms with Crippen LogP contribution in [0.5, 0.6) is 0 Å². The van der Waals surface area contributed by atoms with Crippen molar-refractivity contribution >= 4 is 11.8 Å². The van der Waals surface area contributed by atoms with Crippen LogP contribution in [0.3, 0.4) is 0 Å². The van der Waals surface area contributed by atoms with Gasteiger partial charge in [0.05, 0.1) is 13.2 Å². The second kappa shape index (κ2) is 4.40. The predicted octanol–water partition coefficient (Wildman–Crippen LogP) is 1.32. The fourth-order valence-corrected chi connectivity index (χ4v) is 1.74. The molecule has 0 aromatic heterocycles. The lowest BCUT2D eigenvalue weighted by molar-refractivity contribution is -0.0231. The summed E-state index contributed by atoms with van der Waals surface area (Å²) in [4.78, 5) is 12.2. The molecule has 1 aromatic carbocycles. The molecular formula is C11H14N2O3. The molecule has 0 bridgehead atoms. The number of benzene rings is 1. The Labute approximate surface area is 93.4 Å². The number of hydrogen-bond acceptors (Lipinski definition) is 3. The lowest BCUT2D eigenvalue weighted by Crippen LogP contribution is -2.41. The molecule has 1 aromatic rings. The van der Waals surface area contributed by atoms with E-state index in [9.17, 15) is 4.79 Å². The average molecular weight is 222 g/mol. The van der Waals surface area contributed by atoms with Gasteiger partial charge in [-0.3, -0.25) is 0 Å². The first-order chi connectivity index (χ1) is 7.66. The minimum atomic E-state index is -0.899. The van der Waals surface area contributed by atoms with Gasteiger partial charge < -0.3 is 20.5 Å². The van der Waals surface area contributed by atoms with Crippen LogP contribution in [-0.2, 0) is 4.74 Å². The quantitative estimate of drug-likeness (QED) is 0.703. The van der Waals surface area contributed by atoms with E-state index < -0.39 is 6.09 Å². The summed E-state index contributed by atoms with van der Waals surface area (Å²) in [5.41, 5.74) is 7.23. The van der Waals surface area contributed by atoms with Crippen molar-refractivity contribution in [2.45, 2.75) is 6.10 Å². The topological polar surface area (TPSA) is 75.8 Å². The van der Waals surface area contributed by atoms with Gasteiger partial charge in [-0.1, -0.05) is 12.1 Å². The molecule has 1 fully saturated rings. The van der Waals surface area contributed by atoms with Crippen LogP contribution in [0, 0.1) is 0 Å². The van der Waals surface area contributed by atoms with Gasteiger partial charge in [-0.25, -0.2) is 4.79 Å². The third kappa shape index (κ3) is 2.25. The van der Waals surface area contributed by atoms with Gasteiger partial charge in [-0.05, 0) is 17.7 Å². The number of nitrogen functional groups attached to an aromatic ring is 1. The zero-order chi connectivity index (χ0) is 11.5. The van der Waals surface area contributed by atoms with Crippen LogP contribution in [0.1, 0.15) is 11.7 Å². The van der Waals surface area contributed by atoms with Crippen LogP contribution in [0.25, 0.3) is 0 Å². The van der Waals surface area contributed by atoms with Crippen molar-refractivity contribution in [3.8, 4) is 0 Å². The van der Waals surface area contributed by atoms with Crippen LogP contribution >= 0.6 is 0 Å². The first-order valence-corrected chi connectivity index (χ1v) is 5.12. The lowest BCUT2D eigenvalue weighted by Gasteiger charge is -2.31. The molecule has 1 unspecified atom stereocenters. The Hall–Kier alpha value is -1.75. The van der Waals surface area contributed by atoms with Gasteiger partial charge in [0.25, 0.3) is 0 Å². The normalized spacial score (nSPS) is 20.8. The summed E-state index contributed by atoms with van der Waals surface area (Å²) in [5.74, 6) is 0. The van der Waals surface area contributed by atoms with Crippen molar-refractivity contribution in [2.75, 3.05) is 25.4 Å². The maximum Gasteiger partial charge on any atom is 0.407 e. The van der Waals surface area contributed by atoms with Crippen molar-refractivity contribution in [2.24, 2.45) is 0 Å². The minimum absolute atomic E-state index is 0.189. The number of ether oxygens (including phenoxy) is 1. The molecule has 16 heavy (non-hydrogen) atoms. The lowest BCUT2D eigenvalue weighted by atomic mass is 10.1. The number of morpholine rings is 1. The number of nitrogens with two attached hydrogens (primary N) is 1. The molecule has 2 rings (SSSR count). The molecule has 1 saturated heterocycles. The smallest absolute Gasteiger partial charge is 0.407 e. The van der Waals surface area contributed by atoms with Gasteiger partial charge >= 0.3 is 6.09 Å². The van der Waals surface area contributed by atoms with E-state index in [0.717, 1.165) is 5.56 Å². The van der Waals surface area contributed by atoms with Crippen LogP contribution in [0.4, 0.5) is 10.5 Å². The maximum absolute atomic E-state index is 10.8. The summed E-state index contributed by atoms with van der Waals surface area (Å²) in [7, 11) is 0. The number of carboxylic acid groups (broad SMARTS) is 1. The van der Waals surface area contributed by atoms with E-state index in [-0.39, 0.29) is 6.10 Å². The first kappa shape index (κ1) is 10.8. The van der Waals surface area contributed by atoms with Crippen molar-refractivity contribution in [1.82, 2.24) is 4.90 Å². The zero-order valence-corrected chi connectivity index (χ0v) is 8.80. The highest BCUT2D eigenvalue weighted by Crippen LogP contribution is 2.22. The third-order valence-electron chi connectivity index (χ3n) is 2.65. The van der Waals surface area contributed by atoms with Crippen molar-refractivity contribution < 1.29 is 14.6 Å². The predicted molar refractivity (Wildman–Crippen MR) is 59.1 cm³/mol. The van der Waals surface area contributed by atoms with E-state index in [2.05, 4.69) is 0 Å². The van der Waals surface area contributed by atoms with Gasteiger partial charge in [0.1, 0.15) is 6.10 Å². The van der Waals surface area contributed by atoms with Crippen molar-refractivity contribution in [3.05, 3.63) is 29.8 Å². The highest BCUT2D eigenvalue weighted by Gasteiger charge is 2.24. The third-order valence-corrected chi connectivity index (χ3v) is 2.65. The number of amides is 1. The summed E-state index contributed by atoms with van der Waals surface area (Å²) in [6, 6.07) is 7.31. The maximum atomic E-state index is 10.8. The molecule has 1 atom stereocenters. The molecule has 0 spiro atoms. The Morgan fingerprint density at radius 3 is 2.75 bits per heavy atom. The Balaban J connectivity index is 2.09. The Bertz CT molecular complexity index is 377. The monoisotopic (exact) mass is 222 g/mol. The van der Waals surface area contributed by atoms with E-state index >= 15 is 0 Å². The summed E-state index contributed by atoms with van der Waals surface area (Å²) < 4.78 is 5.54. The molecule has 86 valence electrons.